The normalized spacial score (nSPS) is 22.8. The van der Waals surface area contributed by atoms with Crippen LogP contribution in [0.5, 0.6) is 0 Å². The molecule has 1 rings (SSSR count). The Morgan fingerprint density at radius 1 is 1.56 bits per heavy atom. The molecule has 2 unspecified atom stereocenters. The van der Waals surface area contributed by atoms with Gasteiger partial charge in [-0.25, -0.2) is 0 Å². The van der Waals surface area contributed by atoms with Crippen LogP contribution in [0, 0.1) is 0 Å². The number of hydrogen-bond acceptors (Lipinski definition) is 3. The van der Waals surface area contributed by atoms with Gasteiger partial charge in [-0.1, -0.05) is 20.3 Å². The van der Waals surface area contributed by atoms with Gasteiger partial charge in [0.2, 0.25) is 5.91 Å². The molecule has 1 heterocycles. The number of nitrogens with one attached hydrogen (secondary N) is 2. The first-order chi connectivity index (χ1) is 7.76. The summed E-state index contributed by atoms with van der Waals surface area (Å²) in [6.45, 7) is 5.33. The summed E-state index contributed by atoms with van der Waals surface area (Å²) in [7, 11) is 0. The van der Waals surface area contributed by atoms with E-state index in [1.807, 2.05) is 11.8 Å². The Morgan fingerprint density at radius 2 is 2.38 bits per heavy atom. The SMILES string of the molecule is CCCC(CC)NC(=O)CC1CSCCN1. The van der Waals surface area contributed by atoms with Gasteiger partial charge in [0.1, 0.15) is 0 Å². The van der Waals surface area contributed by atoms with Gasteiger partial charge in [0, 0.05) is 36.6 Å². The average Bonchev–Trinajstić information content (AvgIpc) is 2.29. The highest BCUT2D eigenvalue weighted by atomic mass is 32.2. The van der Waals surface area contributed by atoms with Crippen LogP contribution in [0.15, 0.2) is 0 Å². The fraction of sp³-hybridized carbons (Fsp3) is 0.917. The predicted octanol–water partition coefficient (Wildman–Crippen LogP) is 1.78. The second-order valence-electron chi connectivity index (χ2n) is 4.39. The van der Waals surface area contributed by atoms with E-state index >= 15 is 0 Å². The number of amides is 1. The Morgan fingerprint density at radius 3 is 2.94 bits per heavy atom. The third-order valence-electron chi connectivity index (χ3n) is 2.93. The maximum Gasteiger partial charge on any atom is 0.221 e. The fourth-order valence-electron chi connectivity index (χ4n) is 1.99. The number of rotatable bonds is 6. The van der Waals surface area contributed by atoms with Gasteiger partial charge in [0.25, 0.3) is 0 Å². The Kier molecular flexibility index (Phi) is 6.88. The Hall–Kier alpha value is -0.220. The van der Waals surface area contributed by atoms with Crippen molar-refractivity contribution in [3.63, 3.8) is 0 Å². The standard InChI is InChI=1S/C12H24N2OS/c1-3-5-10(4-2)14-12(15)8-11-9-16-7-6-13-11/h10-11,13H,3-9H2,1-2H3,(H,14,15). The van der Waals surface area contributed by atoms with Crippen molar-refractivity contribution >= 4 is 17.7 Å². The summed E-state index contributed by atoms with van der Waals surface area (Å²) in [6.07, 6.45) is 3.89. The van der Waals surface area contributed by atoms with Gasteiger partial charge in [0.15, 0.2) is 0 Å². The Labute approximate surface area is 103 Å². The largest absolute Gasteiger partial charge is 0.353 e. The van der Waals surface area contributed by atoms with E-state index in [4.69, 9.17) is 0 Å². The van der Waals surface area contributed by atoms with E-state index < -0.39 is 0 Å². The zero-order valence-electron chi connectivity index (χ0n) is 10.4. The predicted molar refractivity (Wildman–Crippen MR) is 70.9 cm³/mol. The molecule has 4 heteroatoms. The van der Waals surface area contributed by atoms with Crippen LogP contribution < -0.4 is 10.6 Å². The van der Waals surface area contributed by atoms with E-state index in [0.29, 0.717) is 18.5 Å². The Bertz CT molecular complexity index is 196. The number of hydrogen-bond donors (Lipinski definition) is 2. The number of carbonyl (C=O) groups is 1. The molecule has 1 fully saturated rings. The molecule has 16 heavy (non-hydrogen) atoms. The first-order valence-electron chi connectivity index (χ1n) is 6.36. The lowest BCUT2D eigenvalue weighted by Crippen LogP contribution is -2.43. The van der Waals surface area contributed by atoms with E-state index in [2.05, 4.69) is 24.5 Å². The van der Waals surface area contributed by atoms with Crippen molar-refractivity contribution in [2.24, 2.45) is 0 Å². The molecular formula is C12H24N2OS. The first-order valence-corrected chi connectivity index (χ1v) is 7.52. The topological polar surface area (TPSA) is 41.1 Å². The van der Waals surface area contributed by atoms with Crippen molar-refractivity contribution in [3.05, 3.63) is 0 Å². The summed E-state index contributed by atoms with van der Waals surface area (Å²) in [4.78, 5) is 11.8. The van der Waals surface area contributed by atoms with Crippen molar-refractivity contribution in [1.82, 2.24) is 10.6 Å². The van der Waals surface area contributed by atoms with Gasteiger partial charge in [-0.15, -0.1) is 0 Å². The van der Waals surface area contributed by atoms with E-state index in [9.17, 15) is 4.79 Å². The highest BCUT2D eigenvalue weighted by Gasteiger charge is 2.18. The molecule has 0 aliphatic carbocycles. The van der Waals surface area contributed by atoms with Crippen molar-refractivity contribution in [3.8, 4) is 0 Å². The van der Waals surface area contributed by atoms with Crippen LogP contribution in [-0.2, 0) is 4.79 Å². The van der Waals surface area contributed by atoms with Crippen LogP contribution in [-0.4, -0.2) is 36.0 Å². The van der Waals surface area contributed by atoms with Crippen LogP contribution in [0.1, 0.15) is 39.5 Å². The molecule has 1 aliphatic rings. The van der Waals surface area contributed by atoms with Gasteiger partial charge >= 0.3 is 0 Å². The number of carbonyl (C=O) groups excluding carboxylic acids is 1. The summed E-state index contributed by atoms with van der Waals surface area (Å²) < 4.78 is 0. The van der Waals surface area contributed by atoms with Gasteiger partial charge in [-0.05, 0) is 12.8 Å². The van der Waals surface area contributed by atoms with Crippen LogP contribution in [0.2, 0.25) is 0 Å². The third kappa shape index (κ3) is 5.21. The molecule has 0 aromatic carbocycles. The van der Waals surface area contributed by atoms with Crippen LogP contribution >= 0.6 is 11.8 Å². The highest BCUT2D eigenvalue weighted by molar-refractivity contribution is 7.99. The van der Waals surface area contributed by atoms with Gasteiger partial charge in [-0.3, -0.25) is 4.79 Å². The zero-order valence-corrected chi connectivity index (χ0v) is 11.2. The van der Waals surface area contributed by atoms with Gasteiger partial charge in [-0.2, -0.15) is 11.8 Å². The van der Waals surface area contributed by atoms with Crippen LogP contribution in [0.25, 0.3) is 0 Å². The second-order valence-corrected chi connectivity index (χ2v) is 5.54. The minimum absolute atomic E-state index is 0.209. The minimum Gasteiger partial charge on any atom is -0.353 e. The lowest BCUT2D eigenvalue weighted by atomic mass is 10.1. The molecule has 1 amide bonds. The molecule has 0 saturated carbocycles. The average molecular weight is 244 g/mol. The zero-order chi connectivity index (χ0) is 11.8. The van der Waals surface area contributed by atoms with Crippen molar-refractivity contribution in [2.75, 3.05) is 18.1 Å². The van der Waals surface area contributed by atoms with E-state index in [1.165, 1.54) is 5.75 Å². The molecule has 2 atom stereocenters. The molecule has 2 N–H and O–H groups in total. The van der Waals surface area contributed by atoms with Gasteiger partial charge < -0.3 is 10.6 Å². The molecule has 0 aromatic rings. The van der Waals surface area contributed by atoms with E-state index in [-0.39, 0.29) is 5.91 Å². The molecule has 94 valence electrons. The molecule has 0 bridgehead atoms. The maximum atomic E-state index is 11.8. The van der Waals surface area contributed by atoms with Gasteiger partial charge in [0.05, 0.1) is 0 Å². The minimum atomic E-state index is 0.209. The molecular weight excluding hydrogens is 220 g/mol. The van der Waals surface area contributed by atoms with E-state index in [0.717, 1.165) is 31.6 Å². The molecule has 3 nitrogen and oxygen atoms in total. The van der Waals surface area contributed by atoms with Crippen molar-refractivity contribution < 1.29 is 4.79 Å². The maximum absolute atomic E-state index is 11.8. The smallest absolute Gasteiger partial charge is 0.221 e. The highest BCUT2D eigenvalue weighted by Crippen LogP contribution is 2.10. The van der Waals surface area contributed by atoms with Crippen molar-refractivity contribution in [1.29, 1.82) is 0 Å². The van der Waals surface area contributed by atoms with Crippen molar-refractivity contribution in [2.45, 2.75) is 51.6 Å². The van der Waals surface area contributed by atoms with Crippen LogP contribution in [0.3, 0.4) is 0 Å². The Balaban J connectivity index is 2.22. The molecule has 0 aromatic heterocycles. The molecule has 0 radical (unpaired) electrons. The third-order valence-corrected chi connectivity index (χ3v) is 4.06. The summed E-state index contributed by atoms with van der Waals surface area (Å²) in [6, 6.07) is 0.742. The molecule has 1 saturated heterocycles. The first kappa shape index (κ1) is 13.8. The lowest BCUT2D eigenvalue weighted by Gasteiger charge is -2.24. The summed E-state index contributed by atoms with van der Waals surface area (Å²) in [5, 5.41) is 6.52. The summed E-state index contributed by atoms with van der Waals surface area (Å²) >= 11 is 1.94. The molecule has 1 aliphatic heterocycles. The monoisotopic (exact) mass is 244 g/mol. The second kappa shape index (κ2) is 7.96. The quantitative estimate of drug-likeness (QED) is 0.748. The van der Waals surface area contributed by atoms with E-state index in [1.54, 1.807) is 0 Å². The summed E-state index contributed by atoms with van der Waals surface area (Å²) in [5.41, 5.74) is 0. The fourth-order valence-corrected chi connectivity index (χ4v) is 2.94. The molecule has 0 spiro atoms. The summed E-state index contributed by atoms with van der Waals surface area (Å²) in [5.74, 6) is 2.45. The lowest BCUT2D eigenvalue weighted by molar-refractivity contribution is -0.122. The van der Waals surface area contributed by atoms with Crippen LogP contribution in [0.4, 0.5) is 0 Å². The number of thioether (sulfide) groups is 1.